The predicted molar refractivity (Wildman–Crippen MR) is 128 cm³/mol. The fourth-order valence-corrected chi connectivity index (χ4v) is 5.65. The SMILES string of the molecule is CCSC1=NN2C(=N)C(=Cc3cc(C)n(-c4cc(Cl)cc(Cl)c4)c3C)C(=O)N=C2S1. The number of nitrogens with one attached hydrogen (secondary N) is 1. The highest BCUT2D eigenvalue weighted by Crippen LogP contribution is 2.33. The van der Waals surface area contributed by atoms with Gasteiger partial charge >= 0.3 is 0 Å². The molecule has 10 heteroatoms. The number of hydrogen-bond acceptors (Lipinski definition) is 5. The Morgan fingerprint density at radius 2 is 1.90 bits per heavy atom. The number of carbonyl (C=O) groups excluding carboxylic acids is 1. The molecule has 0 fully saturated rings. The number of benzene rings is 1. The van der Waals surface area contributed by atoms with Gasteiger partial charge in [0.2, 0.25) is 5.17 Å². The zero-order valence-corrected chi connectivity index (χ0v) is 19.5. The third-order valence-corrected chi connectivity index (χ3v) is 6.94. The zero-order chi connectivity index (χ0) is 21.6. The molecule has 1 N–H and O–H groups in total. The van der Waals surface area contributed by atoms with Gasteiger partial charge in [0.25, 0.3) is 5.91 Å². The summed E-state index contributed by atoms with van der Waals surface area (Å²) < 4.78 is 2.79. The number of rotatable bonds is 3. The lowest BCUT2D eigenvalue weighted by Crippen LogP contribution is -2.35. The van der Waals surface area contributed by atoms with Crippen LogP contribution < -0.4 is 0 Å². The van der Waals surface area contributed by atoms with Gasteiger partial charge in [0.1, 0.15) is 0 Å². The topological polar surface area (TPSA) is 73.8 Å². The number of amidine groups is 2. The van der Waals surface area contributed by atoms with Crippen LogP contribution >= 0.6 is 46.7 Å². The van der Waals surface area contributed by atoms with Crippen LogP contribution in [0.1, 0.15) is 23.9 Å². The van der Waals surface area contributed by atoms with E-state index in [1.54, 1.807) is 23.9 Å². The second-order valence-corrected chi connectivity index (χ2v) is 9.95. The van der Waals surface area contributed by atoms with E-state index < -0.39 is 5.91 Å². The molecule has 1 aromatic carbocycles. The van der Waals surface area contributed by atoms with Crippen LogP contribution in [0, 0.1) is 19.3 Å². The van der Waals surface area contributed by atoms with E-state index in [0.29, 0.717) is 15.2 Å². The molecule has 0 saturated heterocycles. The molecule has 2 aromatic rings. The first-order valence-corrected chi connectivity index (χ1v) is 11.6. The van der Waals surface area contributed by atoms with Gasteiger partial charge in [0.05, 0.1) is 5.57 Å². The molecule has 2 aliphatic heterocycles. The minimum atomic E-state index is -0.438. The highest BCUT2D eigenvalue weighted by Gasteiger charge is 2.35. The highest BCUT2D eigenvalue weighted by molar-refractivity contribution is 8.45. The van der Waals surface area contributed by atoms with E-state index in [2.05, 4.69) is 10.1 Å². The van der Waals surface area contributed by atoms with Crippen LogP contribution in [-0.2, 0) is 4.79 Å². The molecule has 3 heterocycles. The number of nitrogens with zero attached hydrogens (tertiary/aromatic N) is 4. The lowest BCUT2D eigenvalue weighted by atomic mass is 10.1. The van der Waals surface area contributed by atoms with Crippen molar-refractivity contribution < 1.29 is 4.79 Å². The molecule has 2 aliphatic rings. The van der Waals surface area contributed by atoms with E-state index in [-0.39, 0.29) is 11.4 Å². The molecule has 0 unspecified atom stereocenters. The quantitative estimate of drug-likeness (QED) is 0.572. The molecule has 6 nitrogen and oxygen atoms in total. The Bertz CT molecular complexity index is 1160. The zero-order valence-electron chi connectivity index (χ0n) is 16.4. The van der Waals surface area contributed by atoms with Crippen LogP contribution in [0.2, 0.25) is 10.0 Å². The number of carbonyl (C=O) groups is 1. The van der Waals surface area contributed by atoms with E-state index in [4.69, 9.17) is 28.6 Å². The summed E-state index contributed by atoms with van der Waals surface area (Å²) in [7, 11) is 0. The van der Waals surface area contributed by atoms with Gasteiger partial charge in [-0.05, 0) is 67.3 Å². The van der Waals surface area contributed by atoms with E-state index >= 15 is 0 Å². The maximum absolute atomic E-state index is 12.6. The molecule has 0 aliphatic carbocycles. The minimum absolute atomic E-state index is 0.0276. The summed E-state index contributed by atoms with van der Waals surface area (Å²) in [6.07, 6.45) is 1.70. The molecular formula is C20H17Cl2N5OS2. The number of amides is 1. The molecule has 154 valence electrons. The fourth-order valence-electron chi connectivity index (χ4n) is 3.31. The average Bonchev–Trinajstić information content (AvgIpc) is 3.18. The Morgan fingerprint density at radius 1 is 1.20 bits per heavy atom. The normalized spacial score (nSPS) is 17.5. The molecule has 0 bridgehead atoms. The second kappa shape index (κ2) is 8.26. The molecule has 0 atom stereocenters. The summed E-state index contributed by atoms with van der Waals surface area (Å²) in [5, 5.41) is 15.9. The van der Waals surface area contributed by atoms with Gasteiger partial charge in [0.15, 0.2) is 10.2 Å². The lowest BCUT2D eigenvalue weighted by Gasteiger charge is -2.20. The van der Waals surface area contributed by atoms with Gasteiger partial charge in [-0.3, -0.25) is 10.2 Å². The summed E-state index contributed by atoms with van der Waals surface area (Å²) in [5.74, 6) is 0.447. The van der Waals surface area contributed by atoms with Crippen molar-refractivity contribution in [1.29, 1.82) is 5.41 Å². The Morgan fingerprint density at radius 3 is 2.57 bits per heavy atom. The summed E-state index contributed by atoms with van der Waals surface area (Å²) in [6, 6.07) is 7.30. The average molecular weight is 478 g/mol. The number of aliphatic imine (C=N–C) groups is 1. The van der Waals surface area contributed by atoms with Crippen LogP contribution in [0.15, 0.2) is 39.9 Å². The van der Waals surface area contributed by atoms with E-state index in [1.165, 1.54) is 16.8 Å². The van der Waals surface area contributed by atoms with Crippen LogP contribution in [0.25, 0.3) is 11.8 Å². The monoisotopic (exact) mass is 477 g/mol. The van der Waals surface area contributed by atoms with Gasteiger partial charge in [-0.15, -0.1) is 5.10 Å². The van der Waals surface area contributed by atoms with E-state index in [0.717, 1.165) is 32.8 Å². The van der Waals surface area contributed by atoms with Crippen molar-refractivity contribution in [3.05, 3.63) is 56.8 Å². The molecule has 0 spiro atoms. The minimum Gasteiger partial charge on any atom is -0.318 e. The van der Waals surface area contributed by atoms with Gasteiger partial charge in [-0.1, -0.05) is 41.9 Å². The van der Waals surface area contributed by atoms with Crippen molar-refractivity contribution in [1.82, 2.24) is 9.58 Å². The number of aromatic nitrogens is 1. The molecule has 30 heavy (non-hydrogen) atoms. The number of fused-ring (bicyclic) bond motifs is 1. The van der Waals surface area contributed by atoms with Crippen LogP contribution in [0.5, 0.6) is 0 Å². The standard InChI is InChI=1S/C20H17Cl2N5OS2/c1-4-29-20-25-27-17(23)16(18(28)24-19(27)30-20)6-12-5-10(2)26(11(12)3)15-8-13(21)7-14(22)9-15/h5-9,23H,4H2,1-3H3. The molecular weight excluding hydrogens is 461 g/mol. The maximum atomic E-state index is 12.6. The summed E-state index contributed by atoms with van der Waals surface area (Å²) >= 11 is 15.2. The molecule has 1 amide bonds. The van der Waals surface area contributed by atoms with Crippen molar-refractivity contribution >= 4 is 74.1 Å². The van der Waals surface area contributed by atoms with Crippen molar-refractivity contribution in [2.75, 3.05) is 5.75 Å². The van der Waals surface area contributed by atoms with Gasteiger partial charge in [-0.25, -0.2) is 0 Å². The molecule has 0 radical (unpaired) electrons. The number of aryl methyl sites for hydroxylation is 1. The van der Waals surface area contributed by atoms with Crippen LogP contribution in [0.3, 0.4) is 0 Å². The Hall–Kier alpha value is -2.00. The summed E-state index contributed by atoms with van der Waals surface area (Å²) in [4.78, 5) is 16.8. The number of thioether (sulfide) groups is 2. The summed E-state index contributed by atoms with van der Waals surface area (Å²) in [6.45, 7) is 5.93. The first kappa shape index (κ1) is 21.2. The van der Waals surface area contributed by atoms with Gasteiger partial charge in [-0.2, -0.15) is 10.0 Å². The highest BCUT2D eigenvalue weighted by atomic mass is 35.5. The van der Waals surface area contributed by atoms with Crippen LogP contribution in [0.4, 0.5) is 0 Å². The molecule has 0 saturated carbocycles. The Balaban J connectivity index is 1.74. The Kier molecular flexibility index (Phi) is 5.85. The number of hydrazone groups is 1. The third-order valence-electron chi connectivity index (χ3n) is 4.58. The van der Waals surface area contributed by atoms with Gasteiger partial charge < -0.3 is 4.57 Å². The van der Waals surface area contributed by atoms with Crippen molar-refractivity contribution in [3.63, 3.8) is 0 Å². The number of hydrogen-bond donors (Lipinski definition) is 1. The molecule has 4 rings (SSSR count). The second-order valence-electron chi connectivity index (χ2n) is 6.61. The predicted octanol–water partition coefficient (Wildman–Crippen LogP) is 5.73. The fraction of sp³-hybridized carbons (Fsp3) is 0.200. The lowest BCUT2D eigenvalue weighted by molar-refractivity contribution is -0.114. The third kappa shape index (κ3) is 3.85. The number of halogens is 2. The molecule has 1 aromatic heterocycles. The van der Waals surface area contributed by atoms with E-state index in [1.807, 2.05) is 43.5 Å². The smallest absolute Gasteiger partial charge is 0.283 e. The van der Waals surface area contributed by atoms with Gasteiger partial charge in [0, 0.05) is 27.1 Å². The first-order chi connectivity index (χ1) is 14.3. The van der Waals surface area contributed by atoms with E-state index in [9.17, 15) is 4.79 Å². The largest absolute Gasteiger partial charge is 0.318 e. The maximum Gasteiger partial charge on any atom is 0.283 e. The first-order valence-electron chi connectivity index (χ1n) is 9.07. The Labute approximate surface area is 192 Å². The van der Waals surface area contributed by atoms with Crippen molar-refractivity contribution in [3.8, 4) is 5.69 Å². The van der Waals surface area contributed by atoms with Crippen LogP contribution in [-0.4, -0.2) is 36.6 Å². The summed E-state index contributed by atoms with van der Waals surface area (Å²) in [5.41, 5.74) is 3.70. The van der Waals surface area contributed by atoms with Crippen molar-refractivity contribution in [2.45, 2.75) is 20.8 Å². The van der Waals surface area contributed by atoms with Crippen molar-refractivity contribution in [2.24, 2.45) is 10.1 Å².